The number of hydrogen-bond acceptors (Lipinski definition) is 5. The van der Waals surface area contributed by atoms with Gasteiger partial charge < -0.3 is 15.4 Å². The van der Waals surface area contributed by atoms with Crippen LogP contribution in [0.25, 0.3) is 0 Å². The number of nitrogens with zero attached hydrogens (tertiary/aromatic N) is 2. The fourth-order valence-corrected chi connectivity index (χ4v) is 3.15. The van der Waals surface area contributed by atoms with E-state index >= 15 is 0 Å². The Morgan fingerprint density at radius 1 is 1.08 bits per heavy atom. The summed E-state index contributed by atoms with van der Waals surface area (Å²) in [7, 11) is 0. The smallest absolute Gasteiger partial charge is 0.142 e. The molecule has 1 aromatic carbocycles. The first-order valence-electron chi connectivity index (χ1n) is 8.85. The lowest BCUT2D eigenvalue weighted by molar-refractivity contribution is 0.342. The van der Waals surface area contributed by atoms with Crippen LogP contribution in [0.2, 0.25) is 0 Å². The molecule has 1 heterocycles. The van der Waals surface area contributed by atoms with E-state index in [0.29, 0.717) is 12.6 Å². The molecule has 0 amide bonds. The molecule has 0 atom stereocenters. The third-order valence-corrected chi connectivity index (χ3v) is 4.24. The first kappa shape index (κ1) is 16.6. The van der Waals surface area contributed by atoms with E-state index < -0.39 is 0 Å². The Labute approximate surface area is 143 Å². The average Bonchev–Trinajstić information content (AvgIpc) is 2.57. The number of aromatic nitrogens is 2. The molecule has 1 aliphatic carbocycles. The van der Waals surface area contributed by atoms with Gasteiger partial charge in [-0.05, 0) is 38.8 Å². The second kappa shape index (κ2) is 7.99. The maximum absolute atomic E-state index is 5.67. The second-order valence-electron chi connectivity index (χ2n) is 6.22. The number of benzene rings is 1. The van der Waals surface area contributed by atoms with Gasteiger partial charge in [-0.1, -0.05) is 31.4 Å². The summed E-state index contributed by atoms with van der Waals surface area (Å²) in [5.74, 6) is 3.27. The molecule has 1 saturated carbocycles. The molecule has 1 fully saturated rings. The van der Waals surface area contributed by atoms with Crippen molar-refractivity contribution < 1.29 is 4.74 Å². The van der Waals surface area contributed by atoms with E-state index in [0.717, 1.165) is 28.9 Å². The molecule has 1 aliphatic rings. The summed E-state index contributed by atoms with van der Waals surface area (Å²) in [6.07, 6.45) is 6.39. The third-order valence-electron chi connectivity index (χ3n) is 4.24. The van der Waals surface area contributed by atoms with Crippen LogP contribution in [-0.2, 0) is 0 Å². The zero-order valence-corrected chi connectivity index (χ0v) is 14.5. The molecule has 0 aliphatic heterocycles. The monoisotopic (exact) mass is 326 g/mol. The van der Waals surface area contributed by atoms with Gasteiger partial charge in [0.2, 0.25) is 0 Å². The lowest BCUT2D eigenvalue weighted by Gasteiger charge is -2.23. The summed E-state index contributed by atoms with van der Waals surface area (Å²) < 4.78 is 5.67. The molecule has 1 aromatic heterocycles. The van der Waals surface area contributed by atoms with Crippen LogP contribution in [0.15, 0.2) is 30.3 Å². The van der Waals surface area contributed by atoms with Crippen molar-refractivity contribution in [1.82, 2.24) is 9.97 Å². The van der Waals surface area contributed by atoms with E-state index in [2.05, 4.69) is 20.6 Å². The lowest BCUT2D eigenvalue weighted by Crippen LogP contribution is -2.23. The first-order valence-corrected chi connectivity index (χ1v) is 8.85. The Morgan fingerprint density at radius 3 is 2.62 bits per heavy atom. The van der Waals surface area contributed by atoms with Crippen molar-refractivity contribution in [2.24, 2.45) is 0 Å². The SMILES string of the molecule is CCOc1ccccc1Nc1cc(NC2CCCCC2)nc(C)n1. The molecular formula is C19H26N4O. The van der Waals surface area contributed by atoms with Gasteiger partial charge in [0.1, 0.15) is 23.2 Å². The van der Waals surface area contributed by atoms with Crippen LogP contribution in [-0.4, -0.2) is 22.6 Å². The van der Waals surface area contributed by atoms with Crippen LogP contribution in [0.5, 0.6) is 5.75 Å². The minimum atomic E-state index is 0.525. The number of para-hydroxylation sites is 2. The van der Waals surface area contributed by atoms with Crippen molar-refractivity contribution in [2.45, 2.75) is 52.0 Å². The van der Waals surface area contributed by atoms with Crippen LogP contribution in [0.4, 0.5) is 17.3 Å². The number of anilines is 3. The van der Waals surface area contributed by atoms with E-state index in [4.69, 9.17) is 4.74 Å². The summed E-state index contributed by atoms with van der Waals surface area (Å²) in [6.45, 7) is 4.54. The molecule has 0 unspecified atom stereocenters. The highest BCUT2D eigenvalue weighted by molar-refractivity contribution is 5.65. The molecule has 5 heteroatoms. The van der Waals surface area contributed by atoms with Crippen LogP contribution < -0.4 is 15.4 Å². The molecule has 128 valence electrons. The topological polar surface area (TPSA) is 59.1 Å². The van der Waals surface area contributed by atoms with Gasteiger partial charge >= 0.3 is 0 Å². The molecule has 3 rings (SSSR count). The maximum atomic E-state index is 5.67. The fraction of sp³-hybridized carbons (Fsp3) is 0.474. The minimum Gasteiger partial charge on any atom is -0.492 e. The van der Waals surface area contributed by atoms with Crippen molar-refractivity contribution in [3.8, 4) is 5.75 Å². The summed E-state index contributed by atoms with van der Waals surface area (Å²) in [5.41, 5.74) is 0.918. The highest BCUT2D eigenvalue weighted by Gasteiger charge is 2.14. The average molecular weight is 326 g/mol. The first-order chi connectivity index (χ1) is 11.7. The molecule has 2 N–H and O–H groups in total. The van der Waals surface area contributed by atoms with E-state index in [1.165, 1.54) is 32.1 Å². The Hall–Kier alpha value is -2.30. The Bertz CT molecular complexity index is 668. The van der Waals surface area contributed by atoms with Gasteiger partial charge in [0.25, 0.3) is 0 Å². The van der Waals surface area contributed by atoms with E-state index in [-0.39, 0.29) is 0 Å². The highest BCUT2D eigenvalue weighted by atomic mass is 16.5. The molecule has 5 nitrogen and oxygen atoms in total. The third kappa shape index (κ3) is 4.37. The van der Waals surface area contributed by atoms with Crippen LogP contribution >= 0.6 is 0 Å². The van der Waals surface area contributed by atoms with Gasteiger partial charge in [-0.3, -0.25) is 0 Å². The van der Waals surface area contributed by atoms with Crippen LogP contribution in [0, 0.1) is 6.92 Å². The predicted molar refractivity (Wildman–Crippen MR) is 98.2 cm³/mol. The molecule has 0 bridgehead atoms. The Balaban J connectivity index is 1.76. The molecule has 0 spiro atoms. The van der Waals surface area contributed by atoms with E-state index in [1.807, 2.05) is 44.2 Å². The molecular weight excluding hydrogens is 300 g/mol. The van der Waals surface area contributed by atoms with Crippen LogP contribution in [0.1, 0.15) is 44.9 Å². The number of ether oxygens (including phenoxy) is 1. The molecule has 24 heavy (non-hydrogen) atoms. The van der Waals surface area contributed by atoms with Gasteiger partial charge in [-0.25, -0.2) is 9.97 Å². The summed E-state index contributed by atoms with van der Waals surface area (Å²) in [6, 6.07) is 10.4. The minimum absolute atomic E-state index is 0.525. The van der Waals surface area contributed by atoms with Crippen molar-refractivity contribution >= 4 is 17.3 Å². The Morgan fingerprint density at radius 2 is 1.83 bits per heavy atom. The van der Waals surface area contributed by atoms with Gasteiger partial charge in [0, 0.05) is 12.1 Å². The second-order valence-corrected chi connectivity index (χ2v) is 6.22. The normalized spacial score (nSPS) is 15.1. The quantitative estimate of drug-likeness (QED) is 0.807. The summed E-state index contributed by atoms with van der Waals surface area (Å²) >= 11 is 0. The molecule has 0 saturated heterocycles. The van der Waals surface area contributed by atoms with Crippen molar-refractivity contribution in [3.05, 3.63) is 36.2 Å². The van der Waals surface area contributed by atoms with Gasteiger partial charge in [0.15, 0.2) is 0 Å². The Kier molecular flexibility index (Phi) is 5.51. The fourth-order valence-electron chi connectivity index (χ4n) is 3.15. The number of aryl methyl sites for hydroxylation is 1. The lowest BCUT2D eigenvalue weighted by atomic mass is 9.95. The van der Waals surface area contributed by atoms with E-state index in [1.54, 1.807) is 0 Å². The zero-order valence-electron chi connectivity index (χ0n) is 14.5. The summed E-state index contributed by atoms with van der Waals surface area (Å²) in [5, 5.41) is 6.92. The predicted octanol–water partition coefficient (Wildman–Crippen LogP) is 4.67. The molecule has 2 aromatic rings. The van der Waals surface area contributed by atoms with Crippen molar-refractivity contribution in [1.29, 1.82) is 0 Å². The number of rotatable bonds is 6. The largest absolute Gasteiger partial charge is 0.492 e. The maximum Gasteiger partial charge on any atom is 0.142 e. The van der Waals surface area contributed by atoms with Crippen molar-refractivity contribution in [3.63, 3.8) is 0 Å². The van der Waals surface area contributed by atoms with Gasteiger partial charge in [-0.15, -0.1) is 0 Å². The highest BCUT2D eigenvalue weighted by Crippen LogP contribution is 2.28. The van der Waals surface area contributed by atoms with Crippen LogP contribution in [0.3, 0.4) is 0 Å². The number of hydrogen-bond donors (Lipinski definition) is 2. The number of nitrogens with one attached hydrogen (secondary N) is 2. The van der Waals surface area contributed by atoms with Crippen molar-refractivity contribution in [2.75, 3.05) is 17.2 Å². The van der Waals surface area contributed by atoms with E-state index in [9.17, 15) is 0 Å². The standard InChI is InChI=1S/C19H26N4O/c1-3-24-17-12-8-7-11-16(17)23-19-13-18(20-14(2)21-19)22-15-9-5-4-6-10-15/h7-8,11-13,15H,3-6,9-10H2,1-2H3,(H2,20,21,22,23). The summed E-state index contributed by atoms with van der Waals surface area (Å²) in [4.78, 5) is 9.04. The molecule has 0 radical (unpaired) electrons. The van der Waals surface area contributed by atoms with Gasteiger partial charge in [-0.2, -0.15) is 0 Å². The van der Waals surface area contributed by atoms with Gasteiger partial charge in [0.05, 0.1) is 12.3 Å². The zero-order chi connectivity index (χ0) is 16.8.